The average molecular weight is 199 g/mol. The smallest absolute Gasteiger partial charge is 0.445 e. The molecule has 0 N–H and O–H groups in total. The molecule has 14 heavy (non-hydrogen) atoms. The van der Waals surface area contributed by atoms with Gasteiger partial charge in [0.15, 0.2) is 5.78 Å². The van der Waals surface area contributed by atoms with Crippen molar-refractivity contribution in [2.45, 2.75) is 12.8 Å². The molecule has 0 heterocycles. The zero-order valence-electron chi connectivity index (χ0n) is 7.27. The van der Waals surface area contributed by atoms with Crippen molar-refractivity contribution >= 4 is 18.2 Å². The molecule has 0 unspecified atom stereocenters. The lowest BCUT2D eigenvalue weighted by molar-refractivity contribution is 0.0995. The maximum Gasteiger partial charge on any atom is 0.510 e. The summed E-state index contributed by atoms with van der Waals surface area (Å²) >= 11 is 0. The maximum absolute atomic E-state index is 12.5. The third-order valence-electron chi connectivity index (χ3n) is 2.44. The Morgan fingerprint density at radius 1 is 1.14 bits per heavy atom. The number of hydrogen-bond donors (Lipinski definition) is 0. The molecular formula is C9H7BF3O-. The lowest BCUT2D eigenvalue weighted by atomic mass is 9.75. The molecule has 0 aromatic heterocycles. The van der Waals surface area contributed by atoms with E-state index in [1.807, 2.05) is 0 Å². The normalized spacial score (nSPS) is 15.8. The summed E-state index contributed by atoms with van der Waals surface area (Å²) in [5.74, 6) is -0.380. The minimum atomic E-state index is -5.07. The van der Waals surface area contributed by atoms with Crippen LogP contribution in [0.1, 0.15) is 22.3 Å². The molecule has 0 spiro atoms. The zero-order valence-corrected chi connectivity index (χ0v) is 7.27. The highest BCUT2D eigenvalue weighted by Crippen LogP contribution is 2.23. The van der Waals surface area contributed by atoms with Crippen LogP contribution in [0.15, 0.2) is 18.2 Å². The van der Waals surface area contributed by atoms with Crippen molar-refractivity contribution in [2.24, 2.45) is 0 Å². The fourth-order valence-corrected chi connectivity index (χ4v) is 1.81. The van der Waals surface area contributed by atoms with Crippen molar-refractivity contribution in [3.8, 4) is 0 Å². The molecule has 0 aliphatic heterocycles. The van der Waals surface area contributed by atoms with Crippen LogP contribution in [-0.2, 0) is 6.42 Å². The second kappa shape index (κ2) is 2.87. The molecular weight excluding hydrogens is 192 g/mol. The van der Waals surface area contributed by atoms with Crippen LogP contribution in [0.3, 0.4) is 0 Å². The highest BCUT2D eigenvalue weighted by molar-refractivity contribution is 6.74. The highest BCUT2D eigenvalue weighted by atomic mass is 19.4. The fourth-order valence-electron chi connectivity index (χ4n) is 1.81. The molecule has 0 atom stereocenters. The van der Waals surface area contributed by atoms with E-state index in [1.54, 1.807) is 6.07 Å². The molecule has 0 radical (unpaired) electrons. The van der Waals surface area contributed by atoms with Gasteiger partial charge in [0.1, 0.15) is 0 Å². The quantitative estimate of drug-likeness (QED) is 0.631. The van der Waals surface area contributed by atoms with E-state index in [1.165, 1.54) is 6.07 Å². The van der Waals surface area contributed by atoms with Crippen molar-refractivity contribution in [1.29, 1.82) is 0 Å². The molecule has 0 bridgehead atoms. The molecule has 74 valence electrons. The Labute approximate surface area is 79.0 Å². The summed E-state index contributed by atoms with van der Waals surface area (Å²) in [6, 6.07) is 3.94. The molecule has 0 fully saturated rings. The third kappa shape index (κ3) is 1.33. The summed E-state index contributed by atoms with van der Waals surface area (Å²) in [4.78, 5) is 11.2. The van der Waals surface area contributed by atoms with Gasteiger partial charge in [0.2, 0.25) is 0 Å². The molecule has 1 nitrogen and oxygen atoms in total. The van der Waals surface area contributed by atoms with Gasteiger partial charge in [-0.25, -0.2) is 0 Å². The summed E-state index contributed by atoms with van der Waals surface area (Å²) in [5.41, 5.74) is -0.295. The lowest BCUT2D eigenvalue weighted by Gasteiger charge is -2.18. The average Bonchev–Trinajstić information content (AvgIpc) is 2.46. The zero-order chi connectivity index (χ0) is 10.3. The summed E-state index contributed by atoms with van der Waals surface area (Å²) < 4.78 is 37.6. The van der Waals surface area contributed by atoms with E-state index in [0.717, 1.165) is 6.07 Å². The minimum Gasteiger partial charge on any atom is -0.445 e. The first-order chi connectivity index (χ1) is 6.50. The van der Waals surface area contributed by atoms with Gasteiger partial charge in [-0.15, -0.1) is 0 Å². The van der Waals surface area contributed by atoms with Crippen LogP contribution < -0.4 is 5.46 Å². The molecule has 1 aromatic rings. The van der Waals surface area contributed by atoms with E-state index < -0.39 is 12.4 Å². The largest absolute Gasteiger partial charge is 0.510 e. The first kappa shape index (κ1) is 9.31. The second-order valence-electron chi connectivity index (χ2n) is 3.38. The summed E-state index contributed by atoms with van der Waals surface area (Å²) in [6.45, 7) is -5.07. The number of halogens is 3. The SMILES string of the molecule is O=C1CCc2cccc([B-](F)(F)F)c21. The number of benzene rings is 1. The van der Waals surface area contributed by atoms with Crippen molar-refractivity contribution < 1.29 is 17.7 Å². The summed E-state index contributed by atoms with van der Waals surface area (Å²) in [6.07, 6.45) is 0.646. The number of carbonyl (C=O) groups excluding carboxylic acids is 1. The van der Waals surface area contributed by atoms with Crippen molar-refractivity contribution in [1.82, 2.24) is 0 Å². The van der Waals surface area contributed by atoms with E-state index >= 15 is 0 Å². The van der Waals surface area contributed by atoms with E-state index in [2.05, 4.69) is 0 Å². The van der Waals surface area contributed by atoms with Gasteiger partial charge >= 0.3 is 6.98 Å². The first-order valence-electron chi connectivity index (χ1n) is 4.35. The van der Waals surface area contributed by atoms with Crippen LogP contribution in [0, 0.1) is 0 Å². The van der Waals surface area contributed by atoms with Gasteiger partial charge < -0.3 is 12.9 Å². The highest BCUT2D eigenvalue weighted by Gasteiger charge is 2.33. The van der Waals surface area contributed by atoms with Crippen molar-refractivity contribution in [3.05, 3.63) is 29.3 Å². The van der Waals surface area contributed by atoms with Crippen LogP contribution in [-0.4, -0.2) is 12.8 Å². The van der Waals surface area contributed by atoms with Gasteiger partial charge in [-0.3, -0.25) is 4.79 Å². The van der Waals surface area contributed by atoms with E-state index in [9.17, 15) is 17.7 Å². The monoisotopic (exact) mass is 199 g/mol. The van der Waals surface area contributed by atoms with Crippen LogP contribution in [0.25, 0.3) is 0 Å². The lowest BCUT2D eigenvalue weighted by Crippen LogP contribution is -2.37. The molecule has 1 aliphatic carbocycles. The Morgan fingerprint density at radius 3 is 2.50 bits per heavy atom. The number of rotatable bonds is 1. The minimum absolute atomic E-state index is 0.0972. The molecule has 1 aromatic carbocycles. The number of ketones is 1. The Balaban J connectivity index is 2.64. The molecule has 2 rings (SSSR count). The van der Waals surface area contributed by atoms with E-state index in [0.29, 0.717) is 12.0 Å². The fraction of sp³-hybridized carbons (Fsp3) is 0.222. The van der Waals surface area contributed by atoms with Crippen LogP contribution in [0.5, 0.6) is 0 Å². The van der Waals surface area contributed by atoms with Crippen LogP contribution in [0.4, 0.5) is 12.9 Å². The van der Waals surface area contributed by atoms with Gasteiger partial charge in [-0.1, -0.05) is 23.7 Å². The number of fused-ring (bicyclic) bond motifs is 1. The predicted octanol–water partition coefficient (Wildman–Crippen LogP) is 1.87. The van der Waals surface area contributed by atoms with Gasteiger partial charge in [0.05, 0.1) is 0 Å². The predicted molar refractivity (Wildman–Crippen MR) is 47.8 cm³/mol. The molecule has 5 heteroatoms. The Bertz CT molecular complexity index is 398. The number of hydrogen-bond acceptors (Lipinski definition) is 1. The summed E-state index contributed by atoms with van der Waals surface area (Å²) in [7, 11) is 0. The van der Waals surface area contributed by atoms with E-state index in [-0.39, 0.29) is 17.8 Å². The maximum atomic E-state index is 12.5. The van der Waals surface area contributed by atoms with Crippen LogP contribution >= 0.6 is 0 Å². The molecule has 0 saturated carbocycles. The van der Waals surface area contributed by atoms with Crippen molar-refractivity contribution in [3.63, 3.8) is 0 Å². The Hall–Kier alpha value is -1.26. The molecule has 0 amide bonds. The third-order valence-corrected chi connectivity index (χ3v) is 2.44. The molecule has 0 saturated heterocycles. The standard InChI is InChI=1S/C9H7BF3O/c11-10(12,13)7-3-1-2-6-4-5-8(14)9(6)7/h1-3H,4-5H2/q-1. The van der Waals surface area contributed by atoms with E-state index in [4.69, 9.17) is 0 Å². The topological polar surface area (TPSA) is 17.1 Å². The van der Waals surface area contributed by atoms with Gasteiger partial charge in [-0.05, 0) is 17.5 Å². The number of Topliss-reactive ketones (excluding diaryl/α,β-unsaturated/α-hetero) is 1. The van der Waals surface area contributed by atoms with Crippen LogP contribution in [0.2, 0.25) is 0 Å². The van der Waals surface area contributed by atoms with Gasteiger partial charge in [0, 0.05) is 6.42 Å². The second-order valence-corrected chi connectivity index (χ2v) is 3.38. The summed E-state index contributed by atoms with van der Waals surface area (Å²) in [5, 5.41) is 0. The number of aryl methyl sites for hydroxylation is 1. The van der Waals surface area contributed by atoms with Gasteiger partial charge in [-0.2, -0.15) is 0 Å². The Morgan fingerprint density at radius 2 is 1.86 bits per heavy atom. The first-order valence-corrected chi connectivity index (χ1v) is 4.35. The van der Waals surface area contributed by atoms with Crippen molar-refractivity contribution in [2.75, 3.05) is 0 Å². The van der Waals surface area contributed by atoms with Gasteiger partial charge in [0.25, 0.3) is 0 Å². The molecule has 1 aliphatic rings. The number of carbonyl (C=O) groups is 1. The Kier molecular flexibility index (Phi) is 1.91.